The summed E-state index contributed by atoms with van der Waals surface area (Å²) in [5.41, 5.74) is 5.88. The Morgan fingerprint density at radius 3 is 2.33 bits per heavy atom. The molecule has 0 aliphatic carbocycles. The number of benzene rings is 1. The zero-order valence-electron chi connectivity index (χ0n) is 15.5. The summed E-state index contributed by atoms with van der Waals surface area (Å²) in [6.45, 7) is 2.93. The fourth-order valence-corrected chi connectivity index (χ4v) is 2.49. The predicted octanol–water partition coefficient (Wildman–Crippen LogP) is 1.27. The molecule has 0 saturated heterocycles. The molecule has 2 aromatic rings. The van der Waals surface area contributed by atoms with Crippen molar-refractivity contribution in [3.05, 3.63) is 46.8 Å². The van der Waals surface area contributed by atoms with E-state index in [0.29, 0.717) is 22.8 Å². The van der Waals surface area contributed by atoms with Crippen molar-refractivity contribution in [2.45, 2.75) is 13.8 Å². The third-order valence-electron chi connectivity index (χ3n) is 3.80. The molecule has 3 N–H and O–H groups in total. The maximum Gasteiger partial charge on any atom is 0.339 e. The molecule has 1 aromatic heterocycles. The predicted molar refractivity (Wildman–Crippen MR) is 95.7 cm³/mol. The number of hydrogen-bond donors (Lipinski definition) is 3. The van der Waals surface area contributed by atoms with Crippen LogP contribution in [0.5, 0.6) is 11.5 Å². The number of para-hydroxylation sites is 2. The normalized spacial score (nSPS) is 10.1. The Hall–Kier alpha value is -3.49. The van der Waals surface area contributed by atoms with Crippen molar-refractivity contribution in [2.24, 2.45) is 0 Å². The highest BCUT2D eigenvalue weighted by atomic mass is 16.5. The van der Waals surface area contributed by atoms with Gasteiger partial charge >= 0.3 is 5.97 Å². The average Bonchev–Trinajstić information content (AvgIpc) is 2.98. The molecule has 0 atom stereocenters. The van der Waals surface area contributed by atoms with Crippen molar-refractivity contribution in [1.82, 2.24) is 15.8 Å². The molecule has 144 valence electrons. The van der Waals surface area contributed by atoms with Gasteiger partial charge in [0.05, 0.1) is 19.8 Å². The van der Waals surface area contributed by atoms with Crippen LogP contribution in [0.2, 0.25) is 0 Å². The fourth-order valence-electron chi connectivity index (χ4n) is 2.49. The minimum atomic E-state index is -0.601. The number of rotatable bonds is 6. The van der Waals surface area contributed by atoms with Crippen molar-refractivity contribution >= 4 is 17.8 Å². The highest BCUT2D eigenvalue weighted by Gasteiger charge is 2.22. The van der Waals surface area contributed by atoms with E-state index in [2.05, 4.69) is 15.8 Å². The summed E-state index contributed by atoms with van der Waals surface area (Å²) in [7, 11) is 2.75. The van der Waals surface area contributed by atoms with Gasteiger partial charge in [0.1, 0.15) is 5.69 Å². The van der Waals surface area contributed by atoms with Gasteiger partial charge in [-0.25, -0.2) is 4.79 Å². The van der Waals surface area contributed by atoms with Crippen LogP contribution in [0.15, 0.2) is 24.3 Å². The molecule has 0 unspecified atom stereocenters. The van der Waals surface area contributed by atoms with Crippen LogP contribution in [0.4, 0.5) is 0 Å². The van der Waals surface area contributed by atoms with Crippen LogP contribution in [-0.2, 0) is 9.53 Å². The lowest BCUT2D eigenvalue weighted by Crippen LogP contribution is -2.44. The van der Waals surface area contributed by atoms with E-state index in [9.17, 15) is 14.4 Å². The Bertz CT molecular complexity index is 859. The molecule has 2 rings (SSSR count). The molecular weight excluding hydrogens is 354 g/mol. The standard InChI is InChI=1S/C18H21N3O6/c1-10-15(18(24)26-4)11(2)19-16(10)17(23)21-20-14(22)9-27-13-8-6-5-7-12(13)25-3/h5-8,19H,9H2,1-4H3,(H,20,22)(H,21,23). The summed E-state index contributed by atoms with van der Waals surface area (Å²) in [5, 5.41) is 0. The Morgan fingerprint density at radius 1 is 1.04 bits per heavy atom. The first-order valence-corrected chi connectivity index (χ1v) is 8.01. The third-order valence-corrected chi connectivity index (χ3v) is 3.80. The number of carbonyl (C=O) groups excluding carboxylic acids is 3. The number of carbonyl (C=O) groups is 3. The monoisotopic (exact) mass is 375 g/mol. The van der Waals surface area contributed by atoms with Gasteiger partial charge in [0, 0.05) is 5.69 Å². The number of hydrazine groups is 1. The molecule has 1 aromatic carbocycles. The first-order chi connectivity index (χ1) is 12.9. The number of amides is 2. The van der Waals surface area contributed by atoms with E-state index < -0.39 is 17.8 Å². The van der Waals surface area contributed by atoms with Crippen LogP contribution in [0.25, 0.3) is 0 Å². The summed E-state index contributed by atoms with van der Waals surface area (Å²) in [6.07, 6.45) is 0. The first kappa shape index (κ1) is 19.8. The second kappa shape index (κ2) is 8.75. The van der Waals surface area contributed by atoms with Crippen LogP contribution in [-0.4, -0.2) is 43.6 Å². The highest BCUT2D eigenvalue weighted by molar-refractivity contribution is 6.01. The highest BCUT2D eigenvalue weighted by Crippen LogP contribution is 2.25. The molecule has 0 aliphatic heterocycles. The lowest BCUT2D eigenvalue weighted by atomic mass is 10.1. The second-order valence-electron chi connectivity index (χ2n) is 5.56. The van der Waals surface area contributed by atoms with Crippen LogP contribution >= 0.6 is 0 Å². The van der Waals surface area contributed by atoms with Crippen molar-refractivity contribution < 1.29 is 28.6 Å². The van der Waals surface area contributed by atoms with Gasteiger partial charge in [-0.3, -0.25) is 20.4 Å². The van der Waals surface area contributed by atoms with E-state index in [1.807, 2.05) is 0 Å². The zero-order chi connectivity index (χ0) is 20.0. The van der Waals surface area contributed by atoms with E-state index in [0.717, 1.165) is 0 Å². The molecule has 9 heteroatoms. The summed E-state index contributed by atoms with van der Waals surface area (Å²) < 4.78 is 15.2. The Labute approximate surface area is 156 Å². The molecule has 0 saturated carbocycles. The molecule has 1 heterocycles. The van der Waals surface area contributed by atoms with E-state index in [1.165, 1.54) is 14.2 Å². The molecule has 0 fully saturated rings. The molecule has 0 aliphatic rings. The Balaban J connectivity index is 1.94. The van der Waals surface area contributed by atoms with Crippen LogP contribution < -0.4 is 20.3 Å². The van der Waals surface area contributed by atoms with Crippen LogP contribution in [0, 0.1) is 13.8 Å². The van der Waals surface area contributed by atoms with Gasteiger partial charge in [-0.1, -0.05) is 12.1 Å². The van der Waals surface area contributed by atoms with Crippen LogP contribution in [0.3, 0.4) is 0 Å². The van der Waals surface area contributed by atoms with E-state index in [4.69, 9.17) is 14.2 Å². The van der Waals surface area contributed by atoms with Crippen molar-refractivity contribution in [2.75, 3.05) is 20.8 Å². The summed E-state index contributed by atoms with van der Waals surface area (Å²) >= 11 is 0. The number of esters is 1. The third kappa shape index (κ3) is 4.57. The fraction of sp³-hybridized carbons (Fsp3) is 0.278. The van der Waals surface area contributed by atoms with Crippen molar-refractivity contribution in [3.8, 4) is 11.5 Å². The van der Waals surface area contributed by atoms with Gasteiger partial charge in [0.25, 0.3) is 11.8 Å². The maximum absolute atomic E-state index is 12.3. The van der Waals surface area contributed by atoms with E-state index in [-0.39, 0.29) is 17.9 Å². The minimum absolute atomic E-state index is 0.152. The molecule has 9 nitrogen and oxygen atoms in total. The lowest BCUT2D eigenvalue weighted by Gasteiger charge is -2.11. The summed E-state index contributed by atoms with van der Waals surface area (Å²) in [5.74, 6) is -0.823. The Kier molecular flexibility index (Phi) is 6.42. The number of aryl methyl sites for hydroxylation is 1. The summed E-state index contributed by atoms with van der Waals surface area (Å²) in [6, 6.07) is 6.87. The Morgan fingerprint density at radius 2 is 1.70 bits per heavy atom. The molecular formula is C18H21N3O6. The van der Waals surface area contributed by atoms with Gasteiger partial charge in [-0.05, 0) is 31.5 Å². The molecule has 2 amide bonds. The van der Waals surface area contributed by atoms with Gasteiger partial charge in [-0.2, -0.15) is 0 Å². The van der Waals surface area contributed by atoms with Gasteiger partial charge in [0.15, 0.2) is 18.1 Å². The first-order valence-electron chi connectivity index (χ1n) is 8.01. The average molecular weight is 375 g/mol. The number of ether oxygens (including phenoxy) is 3. The van der Waals surface area contributed by atoms with Gasteiger partial charge < -0.3 is 19.2 Å². The smallest absolute Gasteiger partial charge is 0.339 e. The van der Waals surface area contributed by atoms with Crippen molar-refractivity contribution in [3.63, 3.8) is 0 Å². The topological polar surface area (TPSA) is 119 Å². The molecule has 27 heavy (non-hydrogen) atoms. The van der Waals surface area contributed by atoms with Crippen LogP contribution in [0.1, 0.15) is 32.1 Å². The van der Waals surface area contributed by atoms with Gasteiger partial charge in [-0.15, -0.1) is 0 Å². The number of aromatic nitrogens is 1. The molecule has 0 radical (unpaired) electrons. The van der Waals surface area contributed by atoms with Crippen molar-refractivity contribution in [1.29, 1.82) is 0 Å². The number of nitrogens with one attached hydrogen (secondary N) is 3. The van der Waals surface area contributed by atoms with E-state index in [1.54, 1.807) is 38.1 Å². The number of hydrogen-bond acceptors (Lipinski definition) is 6. The number of H-pyrrole nitrogens is 1. The second-order valence-corrected chi connectivity index (χ2v) is 5.56. The van der Waals surface area contributed by atoms with Gasteiger partial charge in [0.2, 0.25) is 0 Å². The quantitative estimate of drug-likeness (QED) is 0.517. The maximum atomic E-state index is 12.3. The molecule has 0 bridgehead atoms. The number of aromatic amines is 1. The lowest BCUT2D eigenvalue weighted by molar-refractivity contribution is -0.123. The zero-order valence-corrected chi connectivity index (χ0v) is 15.5. The molecule has 0 spiro atoms. The van der Waals surface area contributed by atoms with E-state index >= 15 is 0 Å². The minimum Gasteiger partial charge on any atom is -0.493 e. The number of methoxy groups -OCH3 is 2. The largest absolute Gasteiger partial charge is 0.493 e. The SMILES string of the molecule is COC(=O)c1c(C)[nH]c(C(=O)NNC(=O)COc2ccccc2OC)c1C. The summed E-state index contributed by atoms with van der Waals surface area (Å²) in [4.78, 5) is 38.7.